The first-order chi connectivity index (χ1) is 11.1. The van der Waals surface area contributed by atoms with Crippen LogP contribution in [0, 0.1) is 13.8 Å². The Kier molecular flexibility index (Phi) is 5.27. The quantitative estimate of drug-likeness (QED) is 0.852. The molecule has 1 aliphatic heterocycles. The molecule has 1 amide bonds. The molecule has 0 unspecified atom stereocenters. The number of imidazole rings is 1. The molecule has 0 radical (unpaired) electrons. The molecular weight excluding hydrogens is 310 g/mol. The van der Waals surface area contributed by atoms with Gasteiger partial charge < -0.3 is 10.2 Å². The molecule has 2 aromatic rings. The predicted octanol–water partition coefficient (Wildman–Crippen LogP) is 2.29. The second-order valence-corrected chi connectivity index (χ2v) is 7.34. The summed E-state index contributed by atoms with van der Waals surface area (Å²) < 4.78 is 1.92. The molecule has 1 saturated heterocycles. The van der Waals surface area contributed by atoms with Crippen molar-refractivity contribution in [3.05, 3.63) is 16.4 Å². The number of rotatable bonds is 5. The zero-order chi connectivity index (χ0) is 16.2. The van der Waals surface area contributed by atoms with Gasteiger partial charge in [-0.25, -0.2) is 9.50 Å². The molecule has 0 aromatic carbocycles. The maximum atomic E-state index is 12.3. The molecule has 3 rings (SSSR count). The SMILES string of the molecule is Cc1nn2c(CNCCC(=O)N3CCCCCC3)c(C)nc2s1. The number of aryl methyl sites for hydroxylation is 2. The summed E-state index contributed by atoms with van der Waals surface area (Å²) in [5.74, 6) is 0.277. The number of nitrogens with one attached hydrogen (secondary N) is 1. The number of hydrogen-bond donors (Lipinski definition) is 1. The van der Waals surface area contributed by atoms with Gasteiger partial charge in [0.25, 0.3) is 0 Å². The molecule has 0 aliphatic carbocycles. The lowest BCUT2D eigenvalue weighted by molar-refractivity contribution is -0.131. The Morgan fingerprint density at radius 2 is 1.96 bits per heavy atom. The van der Waals surface area contributed by atoms with Crippen LogP contribution in [0.15, 0.2) is 0 Å². The zero-order valence-electron chi connectivity index (χ0n) is 14.0. The summed E-state index contributed by atoms with van der Waals surface area (Å²) in [6, 6.07) is 0. The van der Waals surface area contributed by atoms with E-state index in [1.165, 1.54) is 12.8 Å². The van der Waals surface area contributed by atoms with Crippen LogP contribution in [0.1, 0.15) is 48.5 Å². The molecule has 1 aliphatic rings. The van der Waals surface area contributed by atoms with Gasteiger partial charge in [-0.3, -0.25) is 4.79 Å². The molecule has 0 atom stereocenters. The highest BCUT2D eigenvalue weighted by Crippen LogP contribution is 2.17. The van der Waals surface area contributed by atoms with Crippen LogP contribution in [0.5, 0.6) is 0 Å². The number of carbonyl (C=O) groups is 1. The molecule has 2 aromatic heterocycles. The van der Waals surface area contributed by atoms with Crippen LogP contribution < -0.4 is 5.32 Å². The Balaban J connectivity index is 1.48. The number of amides is 1. The normalized spacial score (nSPS) is 16.0. The minimum Gasteiger partial charge on any atom is -0.343 e. The second kappa shape index (κ2) is 7.40. The van der Waals surface area contributed by atoms with Gasteiger partial charge in [-0.15, -0.1) is 0 Å². The van der Waals surface area contributed by atoms with Gasteiger partial charge in [-0.2, -0.15) is 5.10 Å². The molecule has 1 N–H and O–H groups in total. The number of aromatic nitrogens is 3. The lowest BCUT2D eigenvalue weighted by Gasteiger charge is -2.20. The smallest absolute Gasteiger partial charge is 0.223 e. The van der Waals surface area contributed by atoms with Crippen LogP contribution in [0.2, 0.25) is 0 Å². The third kappa shape index (κ3) is 3.90. The van der Waals surface area contributed by atoms with Crippen molar-refractivity contribution in [1.82, 2.24) is 24.8 Å². The van der Waals surface area contributed by atoms with E-state index in [1.54, 1.807) is 11.3 Å². The van der Waals surface area contributed by atoms with Crippen molar-refractivity contribution in [2.75, 3.05) is 19.6 Å². The van der Waals surface area contributed by atoms with E-state index in [0.717, 1.165) is 47.3 Å². The van der Waals surface area contributed by atoms with E-state index in [0.29, 0.717) is 19.5 Å². The lowest BCUT2D eigenvalue weighted by atomic mass is 10.2. The molecule has 23 heavy (non-hydrogen) atoms. The number of fused-ring (bicyclic) bond motifs is 1. The average molecular weight is 335 g/mol. The maximum absolute atomic E-state index is 12.3. The summed E-state index contributed by atoms with van der Waals surface area (Å²) in [5, 5.41) is 8.88. The minimum atomic E-state index is 0.277. The maximum Gasteiger partial charge on any atom is 0.223 e. The monoisotopic (exact) mass is 335 g/mol. The van der Waals surface area contributed by atoms with Gasteiger partial charge in [0.1, 0.15) is 5.01 Å². The number of likely N-dealkylation sites (tertiary alicyclic amines) is 1. The third-order valence-corrected chi connectivity index (χ3v) is 5.19. The fourth-order valence-corrected chi connectivity index (χ4v) is 3.88. The summed E-state index contributed by atoms with van der Waals surface area (Å²) in [6.07, 6.45) is 5.37. The highest BCUT2D eigenvalue weighted by molar-refractivity contribution is 7.16. The van der Waals surface area contributed by atoms with Gasteiger partial charge in [-0.05, 0) is 26.7 Å². The summed E-state index contributed by atoms with van der Waals surface area (Å²) >= 11 is 1.60. The molecule has 0 spiro atoms. The first kappa shape index (κ1) is 16.4. The van der Waals surface area contributed by atoms with E-state index in [4.69, 9.17) is 0 Å². The summed E-state index contributed by atoms with van der Waals surface area (Å²) in [7, 11) is 0. The highest BCUT2D eigenvalue weighted by atomic mass is 32.1. The predicted molar refractivity (Wildman–Crippen MR) is 91.7 cm³/mol. The van der Waals surface area contributed by atoms with Crippen LogP contribution in [-0.4, -0.2) is 45.0 Å². The Bertz CT molecular complexity index is 669. The van der Waals surface area contributed by atoms with Gasteiger partial charge in [0, 0.05) is 32.6 Å². The molecule has 126 valence electrons. The van der Waals surface area contributed by atoms with E-state index in [1.807, 2.05) is 23.3 Å². The number of nitrogens with zero attached hydrogens (tertiary/aromatic N) is 4. The van der Waals surface area contributed by atoms with Crippen LogP contribution in [0.25, 0.3) is 4.96 Å². The Labute approximate surface area is 140 Å². The van der Waals surface area contributed by atoms with E-state index < -0.39 is 0 Å². The standard InChI is InChI=1S/C16H25N5OS/c1-12-14(21-16(18-12)23-13(2)19-21)11-17-8-7-15(22)20-9-5-3-4-6-10-20/h17H,3-11H2,1-2H3. The minimum absolute atomic E-state index is 0.277. The summed E-state index contributed by atoms with van der Waals surface area (Å²) in [4.78, 5) is 19.8. The fourth-order valence-electron chi connectivity index (χ4n) is 3.07. The van der Waals surface area contributed by atoms with Crippen LogP contribution >= 0.6 is 11.3 Å². The van der Waals surface area contributed by atoms with Crippen molar-refractivity contribution in [2.24, 2.45) is 0 Å². The van der Waals surface area contributed by atoms with Crippen molar-refractivity contribution < 1.29 is 4.79 Å². The molecule has 0 bridgehead atoms. The van der Waals surface area contributed by atoms with Crippen molar-refractivity contribution in [3.8, 4) is 0 Å². The summed E-state index contributed by atoms with van der Waals surface area (Å²) in [5.41, 5.74) is 2.10. The average Bonchev–Trinajstić information content (AvgIpc) is 2.87. The lowest BCUT2D eigenvalue weighted by Crippen LogP contribution is -2.34. The van der Waals surface area contributed by atoms with Crippen molar-refractivity contribution in [1.29, 1.82) is 0 Å². The van der Waals surface area contributed by atoms with E-state index in [2.05, 4.69) is 15.4 Å². The number of carbonyl (C=O) groups excluding carboxylic acids is 1. The molecule has 3 heterocycles. The Morgan fingerprint density at radius 1 is 1.22 bits per heavy atom. The van der Waals surface area contributed by atoms with Gasteiger partial charge in [0.05, 0.1) is 11.4 Å². The van der Waals surface area contributed by atoms with Crippen LogP contribution in [0.3, 0.4) is 0 Å². The van der Waals surface area contributed by atoms with Gasteiger partial charge >= 0.3 is 0 Å². The van der Waals surface area contributed by atoms with Crippen molar-refractivity contribution >= 4 is 22.2 Å². The van der Waals surface area contributed by atoms with Crippen LogP contribution in [0.4, 0.5) is 0 Å². The van der Waals surface area contributed by atoms with E-state index in [-0.39, 0.29) is 5.91 Å². The largest absolute Gasteiger partial charge is 0.343 e. The molecular formula is C16H25N5OS. The topological polar surface area (TPSA) is 62.5 Å². The molecule has 6 nitrogen and oxygen atoms in total. The van der Waals surface area contributed by atoms with Crippen molar-refractivity contribution in [3.63, 3.8) is 0 Å². The first-order valence-corrected chi connectivity index (χ1v) is 9.27. The van der Waals surface area contributed by atoms with Gasteiger partial charge in [0.15, 0.2) is 0 Å². The Hall–Kier alpha value is -1.47. The summed E-state index contributed by atoms with van der Waals surface area (Å²) in [6.45, 7) is 7.26. The van der Waals surface area contributed by atoms with E-state index in [9.17, 15) is 4.79 Å². The second-order valence-electron chi connectivity index (χ2n) is 6.18. The highest BCUT2D eigenvalue weighted by Gasteiger charge is 2.15. The van der Waals surface area contributed by atoms with Crippen molar-refractivity contribution in [2.45, 2.75) is 52.5 Å². The molecule has 7 heteroatoms. The third-order valence-electron chi connectivity index (χ3n) is 4.36. The van der Waals surface area contributed by atoms with Gasteiger partial charge in [0.2, 0.25) is 10.9 Å². The zero-order valence-corrected chi connectivity index (χ0v) is 14.8. The number of hydrogen-bond acceptors (Lipinski definition) is 5. The fraction of sp³-hybridized carbons (Fsp3) is 0.688. The Morgan fingerprint density at radius 3 is 2.70 bits per heavy atom. The molecule has 0 saturated carbocycles. The van der Waals surface area contributed by atoms with E-state index >= 15 is 0 Å². The van der Waals surface area contributed by atoms with Crippen LogP contribution in [-0.2, 0) is 11.3 Å². The first-order valence-electron chi connectivity index (χ1n) is 8.45. The molecule has 1 fully saturated rings. The van der Waals surface area contributed by atoms with Gasteiger partial charge in [-0.1, -0.05) is 24.2 Å².